The minimum Gasteiger partial charge on any atom is -0.493 e. The number of hydrogen-bond acceptors (Lipinski definition) is 7. The van der Waals surface area contributed by atoms with Crippen molar-refractivity contribution in [2.45, 2.75) is 6.54 Å². The van der Waals surface area contributed by atoms with E-state index < -0.39 is 0 Å². The van der Waals surface area contributed by atoms with Crippen LogP contribution in [-0.2, 0) is 6.54 Å². The van der Waals surface area contributed by atoms with Crippen molar-refractivity contribution in [3.8, 4) is 28.5 Å². The van der Waals surface area contributed by atoms with E-state index >= 15 is 0 Å². The fourth-order valence-electron chi connectivity index (χ4n) is 2.67. The normalized spacial score (nSPS) is 10.4. The molecule has 3 N–H and O–H groups in total. The summed E-state index contributed by atoms with van der Waals surface area (Å²) in [6, 6.07) is 13.4. The Morgan fingerprint density at radius 1 is 0.926 bits per heavy atom. The highest BCUT2D eigenvalue weighted by Gasteiger charge is 2.14. The SMILES string of the molecule is COc1cc(Nc2nccc(-c3ccc(CN)cc3)n2)cc(OC)c1OC. The summed E-state index contributed by atoms with van der Waals surface area (Å²) in [4.78, 5) is 8.87. The molecule has 0 fully saturated rings. The molecule has 0 aliphatic heterocycles. The maximum absolute atomic E-state index is 5.65. The molecule has 0 saturated heterocycles. The van der Waals surface area contributed by atoms with Crippen LogP contribution < -0.4 is 25.3 Å². The largest absolute Gasteiger partial charge is 0.493 e. The van der Waals surface area contributed by atoms with Crippen LogP contribution in [0.2, 0.25) is 0 Å². The van der Waals surface area contributed by atoms with Gasteiger partial charge in [-0.3, -0.25) is 0 Å². The van der Waals surface area contributed by atoms with Gasteiger partial charge in [-0.05, 0) is 11.6 Å². The Hall–Kier alpha value is -3.32. The molecule has 0 bridgehead atoms. The van der Waals surface area contributed by atoms with Gasteiger partial charge >= 0.3 is 0 Å². The second-order valence-electron chi connectivity index (χ2n) is 5.71. The molecule has 0 unspecified atom stereocenters. The van der Waals surface area contributed by atoms with Crippen LogP contribution in [0.1, 0.15) is 5.56 Å². The Morgan fingerprint density at radius 3 is 2.15 bits per heavy atom. The predicted octanol–water partition coefficient (Wildman–Crippen LogP) is 3.37. The first-order chi connectivity index (χ1) is 13.2. The van der Waals surface area contributed by atoms with Gasteiger partial charge in [0.05, 0.1) is 27.0 Å². The van der Waals surface area contributed by atoms with Crippen molar-refractivity contribution in [2.75, 3.05) is 26.6 Å². The molecule has 140 valence electrons. The van der Waals surface area contributed by atoms with E-state index in [9.17, 15) is 0 Å². The third-order valence-electron chi connectivity index (χ3n) is 4.06. The standard InChI is InChI=1S/C20H22N4O3/c1-25-17-10-15(11-18(26-2)19(17)27-3)23-20-22-9-8-16(24-20)14-6-4-13(12-21)5-7-14/h4-11H,12,21H2,1-3H3,(H,22,23,24). The summed E-state index contributed by atoms with van der Waals surface area (Å²) < 4.78 is 16.1. The lowest BCUT2D eigenvalue weighted by atomic mass is 10.1. The molecule has 0 spiro atoms. The minimum atomic E-state index is 0.463. The molecule has 0 amide bonds. The first kappa shape index (κ1) is 18.5. The molecule has 0 atom stereocenters. The van der Waals surface area contributed by atoms with Gasteiger partial charge in [0.15, 0.2) is 11.5 Å². The Balaban J connectivity index is 1.90. The quantitative estimate of drug-likeness (QED) is 0.662. The molecule has 1 heterocycles. The average Bonchev–Trinajstić information content (AvgIpc) is 2.73. The summed E-state index contributed by atoms with van der Waals surface area (Å²) in [7, 11) is 4.71. The van der Waals surface area contributed by atoms with Crippen LogP contribution in [0.4, 0.5) is 11.6 Å². The second kappa shape index (κ2) is 8.37. The molecule has 0 aliphatic carbocycles. The Labute approximate surface area is 158 Å². The van der Waals surface area contributed by atoms with E-state index in [2.05, 4.69) is 15.3 Å². The molecule has 3 rings (SSSR count). The number of hydrogen-bond donors (Lipinski definition) is 2. The van der Waals surface area contributed by atoms with E-state index in [0.717, 1.165) is 22.5 Å². The predicted molar refractivity (Wildman–Crippen MR) is 105 cm³/mol. The Morgan fingerprint density at radius 2 is 1.59 bits per heavy atom. The zero-order valence-electron chi connectivity index (χ0n) is 15.5. The van der Waals surface area contributed by atoms with E-state index in [-0.39, 0.29) is 0 Å². The third-order valence-corrected chi connectivity index (χ3v) is 4.06. The van der Waals surface area contributed by atoms with Gasteiger partial charge in [-0.1, -0.05) is 24.3 Å². The number of anilines is 2. The Bertz CT molecular complexity index is 888. The molecule has 0 radical (unpaired) electrons. The highest BCUT2D eigenvalue weighted by Crippen LogP contribution is 2.40. The molecular weight excluding hydrogens is 344 g/mol. The molecule has 7 nitrogen and oxygen atoms in total. The topological polar surface area (TPSA) is 91.5 Å². The van der Waals surface area contributed by atoms with E-state index in [4.69, 9.17) is 19.9 Å². The van der Waals surface area contributed by atoms with Crippen molar-refractivity contribution in [3.63, 3.8) is 0 Å². The monoisotopic (exact) mass is 366 g/mol. The maximum atomic E-state index is 5.65. The number of rotatable bonds is 7. The molecule has 7 heteroatoms. The van der Waals surface area contributed by atoms with Crippen LogP contribution in [0.15, 0.2) is 48.7 Å². The summed E-state index contributed by atoms with van der Waals surface area (Å²) in [6.07, 6.45) is 1.71. The average molecular weight is 366 g/mol. The maximum Gasteiger partial charge on any atom is 0.227 e. The number of ether oxygens (including phenoxy) is 3. The first-order valence-corrected chi connectivity index (χ1v) is 8.38. The van der Waals surface area contributed by atoms with Crippen LogP contribution in [0.25, 0.3) is 11.3 Å². The summed E-state index contributed by atoms with van der Waals surface area (Å²) in [5.74, 6) is 2.09. The van der Waals surface area contributed by atoms with E-state index in [1.807, 2.05) is 30.3 Å². The zero-order valence-corrected chi connectivity index (χ0v) is 15.5. The van der Waals surface area contributed by atoms with Crippen LogP contribution in [-0.4, -0.2) is 31.3 Å². The summed E-state index contributed by atoms with van der Waals surface area (Å²) >= 11 is 0. The fourth-order valence-corrected chi connectivity index (χ4v) is 2.67. The highest BCUT2D eigenvalue weighted by molar-refractivity contribution is 5.67. The number of methoxy groups -OCH3 is 3. The summed E-state index contributed by atoms with van der Waals surface area (Å²) in [5.41, 5.74) is 9.24. The van der Waals surface area contributed by atoms with Crippen LogP contribution >= 0.6 is 0 Å². The fraction of sp³-hybridized carbons (Fsp3) is 0.200. The van der Waals surface area contributed by atoms with Gasteiger partial charge in [0.25, 0.3) is 0 Å². The number of nitrogens with two attached hydrogens (primary N) is 1. The van der Waals surface area contributed by atoms with E-state index in [0.29, 0.717) is 29.7 Å². The lowest BCUT2D eigenvalue weighted by molar-refractivity contribution is 0.324. The molecule has 0 saturated carbocycles. The van der Waals surface area contributed by atoms with Crippen LogP contribution in [0.5, 0.6) is 17.2 Å². The molecule has 2 aromatic carbocycles. The van der Waals surface area contributed by atoms with Crippen molar-refractivity contribution in [2.24, 2.45) is 5.73 Å². The third kappa shape index (κ3) is 4.09. The van der Waals surface area contributed by atoms with Gasteiger partial charge < -0.3 is 25.3 Å². The van der Waals surface area contributed by atoms with Gasteiger partial charge in [-0.2, -0.15) is 0 Å². The minimum absolute atomic E-state index is 0.463. The van der Waals surface area contributed by atoms with E-state index in [1.54, 1.807) is 39.7 Å². The first-order valence-electron chi connectivity index (χ1n) is 8.38. The van der Waals surface area contributed by atoms with Crippen LogP contribution in [0, 0.1) is 0 Å². The summed E-state index contributed by atoms with van der Waals surface area (Å²) in [6.45, 7) is 0.512. The number of nitrogens with one attached hydrogen (secondary N) is 1. The number of benzene rings is 2. The van der Waals surface area contributed by atoms with Crippen molar-refractivity contribution >= 4 is 11.6 Å². The smallest absolute Gasteiger partial charge is 0.227 e. The van der Waals surface area contributed by atoms with Crippen molar-refractivity contribution in [1.29, 1.82) is 0 Å². The molecule has 3 aromatic rings. The molecule has 1 aromatic heterocycles. The molecular formula is C20H22N4O3. The lowest BCUT2D eigenvalue weighted by Gasteiger charge is -2.14. The summed E-state index contributed by atoms with van der Waals surface area (Å²) in [5, 5.41) is 3.18. The number of aromatic nitrogens is 2. The lowest BCUT2D eigenvalue weighted by Crippen LogP contribution is -2.01. The molecule has 0 aliphatic rings. The number of nitrogens with zero attached hydrogens (tertiary/aromatic N) is 2. The van der Waals surface area contributed by atoms with Gasteiger partial charge in [0.1, 0.15) is 0 Å². The van der Waals surface area contributed by atoms with Gasteiger partial charge in [-0.25, -0.2) is 9.97 Å². The van der Waals surface area contributed by atoms with Crippen molar-refractivity contribution < 1.29 is 14.2 Å². The molecule has 27 heavy (non-hydrogen) atoms. The zero-order chi connectivity index (χ0) is 19.2. The van der Waals surface area contributed by atoms with Gasteiger partial charge in [0.2, 0.25) is 11.7 Å². The second-order valence-corrected chi connectivity index (χ2v) is 5.71. The van der Waals surface area contributed by atoms with E-state index in [1.165, 1.54) is 0 Å². The Kier molecular flexibility index (Phi) is 5.73. The van der Waals surface area contributed by atoms with Gasteiger partial charge in [0, 0.05) is 36.1 Å². The highest BCUT2D eigenvalue weighted by atomic mass is 16.5. The van der Waals surface area contributed by atoms with Gasteiger partial charge in [-0.15, -0.1) is 0 Å². The van der Waals surface area contributed by atoms with Crippen LogP contribution in [0.3, 0.4) is 0 Å². The van der Waals surface area contributed by atoms with Crippen molar-refractivity contribution in [1.82, 2.24) is 9.97 Å². The van der Waals surface area contributed by atoms with Crippen molar-refractivity contribution in [3.05, 3.63) is 54.2 Å².